The zero-order valence-electron chi connectivity index (χ0n) is 8.45. The second kappa shape index (κ2) is 4.51. The first-order valence-corrected chi connectivity index (χ1v) is 6.17. The van der Waals surface area contributed by atoms with E-state index in [4.69, 9.17) is 0 Å². The number of benzene rings is 1. The van der Waals surface area contributed by atoms with Crippen LogP contribution < -0.4 is 0 Å². The van der Waals surface area contributed by atoms with Gasteiger partial charge in [0.2, 0.25) is 0 Å². The SMILES string of the molecule is CC(=O)c1cc(Br)ccc1-n1cc(Br)cn1. The van der Waals surface area contributed by atoms with Gasteiger partial charge in [0.05, 0.1) is 16.4 Å². The zero-order chi connectivity index (χ0) is 11.7. The number of Topliss-reactive ketones (excluding diaryl/α,β-unsaturated/α-hetero) is 1. The summed E-state index contributed by atoms with van der Waals surface area (Å²) in [7, 11) is 0. The maximum absolute atomic E-state index is 11.5. The molecule has 0 N–H and O–H groups in total. The smallest absolute Gasteiger partial charge is 0.162 e. The second-order valence-electron chi connectivity index (χ2n) is 3.32. The van der Waals surface area contributed by atoms with Crippen LogP contribution in [0, 0.1) is 0 Å². The van der Waals surface area contributed by atoms with Crippen molar-refractivity contribution in [1.82, 2.24) is 9.78 Å². The van der Waals surface area contributed by atoms with Gasteiger partial charge in [0.25, 0.3) is 0 Å². The summed E-state index contributed by atoms with van der Waals surface area (Å²) in [6.07, 6.45) is 3.50. The molecule has 1 aromatic heterocycles. The predicted octanol–water partition coefficient (Wildman–Crippen LogP) is 3.60. The highest BCUT2D eigenvalue weighted by molar-refractivity contribution is 9.10. The van der Waals surface area contributed by atoms with E-state index in [9.17, 15) is 4.79 Å². The van der Waals surface area contributed by atoms with Gasteiger partial charge in [-0.25, -0.2) is 4.68 Å². The van der Waals surface area contributed by atoms with Crippen molar-refractivity contribution in [2.24, 2.45) is 0 Å². The summed E-state index contributed by atoms with van der Waals surface area (Å²) in [5.41, 5.74) is 1.42. The highest BCUT2D eigenvalue weighted by Crippen LogP contribution is 2.21. The van der Waals surface area contributed by atoms with Gasteiger partial charge in [0, 0.05) is 16.2 Å². The summed E-state index contributed by atoms with van der Waals surface area (Å²) in [6.45, 7) is 1.55. The molecule has 0 unspecified atom stereocenters. The van der Waals surface area contributed by atoms with Crippen LogP contribution in [0.25, 0.3) is 5.69 Å². The Morgan fingerprint density at radius 3 is 2.62 bits per heavy atom. The minimum absolute atomic E-state index is 0.0166. The molecule has 0 radical (unpaired) electrons. The molecule has 1 aromatic carbocycles. The molecule has 1 heterocycles. The van der Waals surface area contributed by atoms with Gasteiger partial charge in [-0.1, -0.05) is 15.9 Å². The Labute approximate surface area is 110 Å². The average molecular weight is 344 g/mol. The number of carbonyl (C=O) groups excluding carboxylic acids is 1. The van der Waals surface area contributed by atoms with Crippen molar-refractivity contribution < 1.29 is 4.79 Å². The molecule has 16 heavy (non-hydrogen) atoms. The fraction of sp³-hybridized carbons (Fsp3) is 0.0909. The van der Waals surface area contributed by atoms with Crippen molar-refractivity contribution in [2.45, 2.75) is 6.92 Å². The molecule has 2 aromatic rings. The van der Waals surface area contributed by atoms with E-state index in [-0.39, 0.29) is 5.78 Å². The van der Waals surface area contributed by atoms with E-state index in [2.05, 4.69) is 37.0 Å². The van der Waals surface area contributed by atoms with Crippen LogP contribution in [-0.2, 0) is 0 Å². The number of hydrogen-bond donors (Lipinski definition) is 0. The van der Waals surface area contributed by atoms with Crippen molar-refractivity contribution in [3.63, 3.8) is 0 Å². The van der Waals surface area contributed by atoms with Crippen molar-refractivity contribution in [3.05, 3.63) is 45.1 Å². The third-order valence-electron chi connectivity index (χ3n) is 2.14. The highest BCUT2D eigenvalue weighted by Gasteiger charge is 2.10. The molecule has 0 atom stereocenters. The Bertz CT molecular complexity index is 549. The first kappa shape index (κ1) is 11.5. The Hall–Kier alpha value is -0.940. The number of ketones is 1. The van der Waals surface area contributed by atoms with Crippen LogP contribution in [0.1, 0.15) is 17.3 Å². The molecule has 82 valence electrons. The fourth-order valence-corrected chi connectivity index (χ4v) is 2.07. The summed E-state index contributed by atoms with van der Waals surface area (Å²) in [5, 5.41) is 4.16. The molecule has 0 aliphatic heterocycles. The monoisotopic (exact) mass is 342 g/mol. The minimum atomic E-state index is 0.0166. The van der Waals surface area contributed by atoms with E-state index in [0.717, 1.165) is 14.6 Å². The van der Waals surface area contributed by atoms with Gasteiger partial charge >= 0.3 is 0 Å². The van der Waals surface area contributed by atoms with Crippen molar-refractivity contribution >= 4 is 37.6 Å². The molecule has 2 rings (SSSR count). The van der Waals surface area contributed by atoms with E-state index in [0.29, 0.717) is 5.56 Å². The number of carbonyl (C=O) groups is 1. The van der Waals surface area contributed by atoms with Crippen LogP contribution in [0.5, 0.6) is 0 Å². The van der Waals surface area contributed by atoms with Gasteiger partial charge in [-0.2, -0.15) is 5.10 Å². The van der Waals surface area contributed by atoms with Crippen LogP contribution in [0.15, 0.2) is 39.5 Å². The van der Waals surface area contributed by atoms with Crippen LogP contribution >= 0.6 is 31.9 Å². The first-order chi connectivity index (χ1) is 7.58. The Morgan fingerprint density at radius 1 is 1.31 bits per heavy atom. The summed E-state index contributed by atoms with van der Waals surface area (Å²) in [5.74, 6) is 0.0166. The third-order valence-corrected chi connectivity index (χ3v) is 3.04. The number of aromatic nitrogens is 2. The van der Waals surface area contributed by atoms with Crippen LogP contribution in [0.4, 0.5) is 0 Å². The van der Waals surface area contributed by atoms with Gasteiger partial charge in [-0.15, -0.1) is 0 Å². The van der Waals surface area contributed by atoms with Crippen LogP contribution in [0.3, 0.4) is 0 Å². The van der Waals surface area contributed by atoms with Crippen LogP contribution in [-0.4, -0.2) is 15.6 Å². The molecule has 0 bridgehead atoms. The summed E-state index contributed by atoms with van der Waals surface area (Å²) >= 11 is 6.68. The first-order valence-electron chi connectivity index (χ1n) is 4.59. The highest BCUT2D eigenvalue weighted by atomic mass is 79.9. The Kier molecular flexibility index (Phi) is 3.25. The molecular formula is C11H8Br2N2O. The average Bonchev–Trinajstić information content (AvgIpc) is 2.64. The standard InChI is InChI=1S/C11H8Br2N2O/c1-7(16)10-4-8(12)2-3-11(10)15-6-9(13)5-14-15/h2-6H,1H3. The van der Waals surface area contributed by atoms with Crippen molar-refractivity contribution in [3.8, 4) is 5.69 Å². The zero-order valence-corrected chi connectivity index (χ0v) is 11.6. The minimum Gasteiger partial charge on any atom is -0.294 e. The molecule has 3 nitrogen and oxygen atoms in total. The van der Waals surface area contributed by atoms with Crippen molar-refractivity contribution in [1.29, 1.82) is 0 Å². The molecule has 0 fully saturated rings. The number of halogens is 2. The molecule has 0 saturated heterocycles. The lowest BCUT2D eigenvalue weighted by molar-refractivity contribution is 0.101. The quantitative estimate of drug-likeness (QED) is 0.781. The summed E-state index contributed by atoms with van der Waals surface area (Å²) < 4.78 is 3.44. The van der Waals surface area contributed by atoms with Gasteiger partial charge in [0.15, 0.2) is 5.78 Å². The van der Waals surface area contributed by atoms with Gasteiger partial charge in [-0.3, -0.25) is 4.79 Å². The fourth-order valence-electron chi connectivity index (χ4n) is 1.42. The Balaban J connectivity index is 2.60. The second-order valence-corrected chi connectivity index (χ2v) is 5.15. The lowest BCUT2D eigenvalue weighted by Gasteiger charge is -2.07. The van der Waals surface area contributed by atoms with Crippen LogP contribution in [0.2, 0.25) is 0 Å². The molecule has 0 amide bonds. The summed E-state index contributed by atoms with van der Waals surface area (Å²) in [4.78, 5) is 11.5. The maximum Gasteiger partial charge on any atom is 0.162 e. The third kappa shape index (κ3) is 2.25. The van der Waals surface area contributed by atoms with Gasteiger partial charge in [-0.05, 0) is 41.1 Å². The lowest BCUT2D eigenvalue weighted by atomic mass is 10.1. The van der Waals surface area contributed by atoms with E-state index in [1.54, 1.807) is 23.9 Å². The van der Waals surface area contributed by atoms with E-state index in [1.807, 2.05) is 18.3 Å². The van der Waals surface area contributed by atoms with Gasteiger partial charge in [0.1, 0.15) is 0 Å². The van der Waals surface area contributed by atoms with E-state index >= 15 is 0 Å². The Morgan fingerprint density at radius 2 is 2.06 bits per heavy atom. The molecule has 0 saturated carbocycles. The molecule has 0 spiro atoms. The van der Waals surface area contributed by atoms with E-state index in [1.165, 1.54) is 0 Å². The number of nitrogens with zero attached hydrogens (tertiary/aromatic N) is 2. The predicted molar refractivity (Wildman–Crippen MR) is 69.0 cm³/mol. The maximum atomic E-state index is 11.5. The number of hydrogen-bond acceptors (Lipinski definition) is 2. The summed E-state index contributed by atoms with van der Waals surface area (Å²) in [6, 6.07) is 5.55. The molecule has 0 aliphatic carbocycles. The lowest BCUT2D eigenvalue weighted by Crippen LogP contribution is -2.03. The molecular weight excluding hydrogens is 336 g/mol. The van der Waals surface area contributed by atoms with Crippen molar-refractivity contribution in [2.75, 3.05) is 0 Å². The molecule has 5 heteroatoms. The largest absolute Gasteiger partial charge is 0.294 e. The van der Waals surface area contributed by atoms with E-state index < -0.39 is 0 Å². The number of rotatable bonds is 2. The van der Waals surface area contributed by atoms with Gasteiger partial charge < -0.3 is 0 Å². The topological polar surface area (TPSA) is 34.9 Å². The normalized spacial score (nSPS) is 10.4. The molecule has 0 aliphatic rings.